The molecule has 0 aliphatic heterocycles. The minimum Gasteiger partial charge on any atom is -0.389 e. The Kier molecular flexibility index (Phi) is 5.75. The van der Waals surface area contributed by atoms with Gasteiger partial charge < -0.3 is 10.2 Å². The van der Waals surface area contributed by atoms with Gasteiger partial charge in [0.15, 0.2) is 0 Å². The molecule has 1 aromatic carbocycles. The number of benzene rings is 1. The molecule has 0 radical (unpaired) electrons. The Morgan fingerprint density at radius 3 is 2.53 bits per heavy atom. The van der Waals surface area contributed by atoms with E-state index < -0.39 is 15.6 Å². The zero-order valence-electron chi connectivity index (χ0n) is 20.3. The van der Waals surface area contributed by atoms with Crippen molar-refractivity contribution in [1.29, 1.82) is 0 Å². The van der Waals surface area contributed by atoms with E-state index in [9.17, 15) is 18.6 Å². The zero-order valence-corrected chi connectivity index (χ0v) is 21.1. The van der Waals surface area contributed by atoms with E-state index in [2.05, 4.69) is 29.6 Å². The fraction of sp³-hybridized carbons (Fsp3) is 0.571. The Labute approximate surface area is 203 Å². The van der Waals surface area contributed by atoms with Crippen LogP contribution in [0.15, 0.2) is 47.1 Å². The van der Waals surface area contributed by atoms with E-state index in [4.69, 9.17) is 0 Å². The molecule has 182 valence electrons. The highest BCUT2D eigenvalue weighted by Crippen LogP contribution is 2.66. The second kappa shape index (κ2) is 8.26. The first-order chi connectivity index (χ1) is 16.0. The Morgan fingerprint density at radius 2 is 1.85 bits per heavy atom. The molecule has 1 aromatic rings. The number of hydrogen-bond donors (Lipinski definition) is 3. The van der Waals surface area contributed by atoms with Gasteiger partial charge in [0.25, 0.3) is 0 Å². The molecule has 5 nitrogen and oxygen atoms in total. The summed E-state index contributed by atoms with van der Waals surface area (Å²) in [6.07, 6.45) is 9.02. The number of nitrogens with one attached hydrogen (secondary N) is 1. The lowest BCUT2D eigenvalue weighted by Gasteiger charge is -2.54. The van der Waals surface area contributed by atoms with Gasteiger partial charge in [0.1, 0.15) is 5.60 Å². The first-order valence-corrected chi connectivity index (χ1v) is 14.3. The van der Waals surface area contributed by atoms with E-state index in [1.165, 1.54) is 16.7 Å². The van der Waals surface area contributed by atoms with Crippen LogP contribution in [0.25, 0.3) is 0 Å². The predicted octanol–water partition coefficient (Wildman–Crippen LogP) is 4.50. The molecular weight excluding hydrogens is 446 g/mol. The largest absolute Gasteiger partial charge is 0.389 e. The molecule has 6 heteroatoms. The van der Waals surface area contributed by atoms with Crippen molar-refractivity contribution >= 4 is 15.7 Å². The summed E-state index contributed by atoms with van der Waals surface area (Å²) in [7, 11) is -3.34. The Balaban J connectivity index is 1.63. The molecule has 0 heterocycles. The highest BCUT2D eigenvalue weighted by Gasteiger charge is 2.62. The average Bonchev–Trinajstić information content (AvgIpc) is 3.03. The fourth-order valence-corrected chi connectivity index (χ4v) is 8.06. The van der Waals surface area contributed by atoms with Gasteiger partial charge in [0, 0.05) is 17.0 Å². The quantitative estimate of drug-likeness (QED) is 0.555. The van der Waals surface area contributed by atoms with Crippen molar-refractivity contribution in [2.75, 3.05) is 11.0 Å². The van der Waals surface area contributed by atoms with Gasteiger partial charge in [0.05, 0.1) is 12.4 Å². The van der Waals surface area contributed by atoms with E-state index in [-0.39, 0.29) is 17.4 Å². The van der Waals surface area contributed by atoms with Gasteiger partial charge in [0.2, 0.25) is 10.0 Å². The van der Waals surface area contributed by atoms with Gasteiger partial charge in [-0.3, -0.25) is 4.72 Å². The lowest BCUT2D eigenvalue weighted by Crippen LogP contribution is -2.51. The van der Waals surface area contributed by atoms with Gasteiger partial charge in [-0.15, -0.1) is 5.92 Å². The third kappa shape index (κ3) is 3.82. The molecule has 4 aliphatic carbocycles. The van der Waals surface area contributed by atoms with E-state index >= 15 is 0 Å². The van der Waals surface area contributed by atoms with Crippen LogP contribution in [0.1, 0.15) is 70.3 Å². The lowest BCUT2D eigenvalue weighted by atomic mass is 9.51. The summed E-state index contributed by atoms with van der Waals surface area (Å²) < 4.78 is 25.9. The van der Waals surface area contributed by atoms with Crippen molar-refractivity contribution in [2.24, 2.45) is 17.3 Å². The molecule has 0 aromatic heterocycles. The molecule has 34 heavy (non-hydrogen) atoms. The van der Waals surface area contributed by atoms with Crippen molar-refractivity contribution in [1.82, 2.24) is 0 Å². The van der Waals surface area contributed by atoms with Crippen molar-refractivity contribution in [3.05, 3.63) is 52.6 Å². The Hall–Kier alpha value is -2.07. The number of hydrogen-bond acceptors (Lipinski definition) is 4. The van der Waals surface area contributed by atoms with E-state index in [0.717, 1.165) is 50.3 Å². The fourth-order valence-electron chi connectivity index (χ4n) is 7.49. The summed E-state index contributed by atoms with van der Waals surface area (Å²) in [6, 6.07) is 7.73. The van der Waals surface area contributed by atoms with Crippen LogP contribution in [0.5, 0.6) is 0 Å². The molecule has 4 aliphatic rings. The lowest BCUT2D eigenvalue weighted by molar-refractivity contribution is -0.0514. The molecule has 1 unspecified atom stereocenters. The van der Waals surface area contributed by atoms with Gasteiger partial charge in [-0.05, 0) is 92.5 Å². The number of aliphatic hydroxyl groups is 2. The van der Waals surface area contributed by atoms with Crippen LogP contribution in [0.2, 0.25) is 0 Å². The van der Waals surface area contributed by atoms with Crippen LogP contribution in [-0.4, -0.2) is 36.6 Å². The minimum absolute atomic E-state index is 0.135. The van der Waals surface area contributed by atoms with Crippen molar-refractivity contribution in [2.45, 2.75) is 76.4 Å². The number of sulfonamides is 1. The van der Waals surface area contributed by atoms with Crippen molar-refractivity contribution in [3.8, 4) is 11.8 Å². The van der Waals surface area contributed by atoms with Crippen LogP contribution in [0.3, 0.4) is 0 Å². The standard InChI is InChI=1S/C28H35NO4S/c1-4-14-28(31)15-13-25-23-11-7-19-16-21(30)10-12-22(19)26(23)24(17-27(25,28)2)18-5-8-20(9-6-18)29-34(3,32)33/h5-6,8-9,16,21,23-25,29-31H,7,10-13,15,17H2,1-3H3/t21?,23-,24+,25-,27-,28-/m0/s1. The summed E-state index contributed by atoms with van der Waals surface area (Å²) in [5.41, 5.74) is 4.62. The Morgan fingerprint density at radius 1 is 1.12 bits per heavy atom. The third-order valence-corrected chi connectivity index (χ3v) is 9.57. The maximum absolute atomic E-state index is 11.7. The smallest absolute Gasteiger partial charge is 0.229 e. The molecule has 0 amide bonds. The van der Waals surface area contributed by atoms with Crippen molar-refractivity contribution < 1.29 is 18.6 Å². The second-order valence-corrected chi connectivity index (χ2v) is 12.7. The normalized spacial score (nSPS) is 37.0. The maximum atomic E-state index is 11.7. The molecule has 0 spiro atoms. The summed E-state index contributed by atoms with van der Waals surface area (Å²) in [5.74, 6) is 7.11. The average molecular weight is 482 g/mol. The summed E-state index contributed by atoms with van der Waals surface area (Å²) >= 11 is 0. The zero-order chi connectivity index (χ0) is 24.3. The maximum Gasteiger partial charge on any atom is 0.229 e. The highest BCUT2D eigenvalue weighted by molar-refractivity contribution is 7.92. The molecule has 0 saturated heterocycles. The second-order valence-electron chi connectivity index (χ2n) is 10.9. The van der Waals surface area contributed by atoms with Gasteiger partial charge in [-0.1, -0.05) is 36.6 Å². The van der Waals surface area contributed by atoms with Gasteiger partial charge in [-0.25, -0.2) is 8.42 Å². The molecule has 0 bridgehead atoms. The first kappa shape index (κ1) is 23.7. The van der Waals surface area contributed by atoms with Gasteiger partial charge in [-0.2, -0.15) is 0 Å². The molecule has 2 saturated carbocycles. The van der Waals surface area contributed by atoms with Crippen LogP contribution in [0.4, 0.5) is 5.69 Å². The number of rotatable bonds is 3. The van der Waals surface area contributed by atoms with Crippen LogP contribution in [-0.2, 0) is 10.0 Å². The molecule has 2 fully saturated rings. The summed E-state index contributed by atoms with van der Waals surface area (Å²) in [5, 5.41) is 22.0. The summed E-state index contributed by atoms with van der Waals surface area (Å²) in [6.45, 7) is 4.04. The SMILES string of the molecule is CC#C[C@]1(O)CC[C@H]2[C@@H]3CCC4=CC(O)CCC4=C3[C@@H](c3ccc(NS(C)(=O)=O)cc3)C[C@@]21C. The van der Waals surface area contributed by atoms with E-state index in [0.29, 0.717) is 23.9 Å². The number of anilines is 1. The molecule has 5 rings (SSSR count). The molecule has 6 atom stereocenters. The predicted molar refractivity (Wildman–Crippen MR) is 135 cm³/mol. The van der Waals surface area contributed by atoms with Gasteiger partial charge >= 0.3 is 0 Å². The van der Waals surface area contributed by atoms with E-state index in [1.807, 2.05) is 24.3 Å². The third-order valence-electron chi connectivity index (χ3n) is 8.96. The molecular formula is C28H35NO4S. The molecule has 3 N–H and O–H groups in total. The topological polar surface area (TPSA) is 86.6 Å². The summed E-state index contributed by atoms with van der Waals surface area (Å²) in [4.78, 5) is 0. The number of fused-ring (bicyclic) bond motifs is 4. The monoisotopic (exact) mass is 481 g/mol. The van der Waals surface area contributed by atoms with Crippen LogP contribution in [0, 0.1) is 29.1 Å². The van der Waals surface area contributed by atoms with Crippen molar-refractivity contribution in [3.63, 3.8) is 0 Å². The highest BCUT2D eigenvalue weighted by atomic mass is 32.2. The van der Waals surface area contributed by atoms with Crippen LogP contribution < -0.4 is 4.72 Å². The first-order valence-electron chi connectivity index (χ1n) is 12.4. The minimum atomic E-state index is -3.34. The van der Waals surface area contributed by atoms with E-state index in [1.54, 1.807) is 6.92 Å². The van der Waals surface area contributed by atoms with Crippen LogP contribution >= 0.6 is 0 Å². The number of allylic oxidation sites excluding steroid dienone is 3. The number of aliphatic hydroxyl groups excluding tert-OH is 1. The Bertz CT molecular complexity index is 1220.